The average molecular weight is 292 g/mol. The first-order chi connectivity index (χ1) is 3.46. The van der Waals surface area contributed by atoms with Crippen LogP contribution in [0.2, 0.25) is 0 Å². The van der Waals surface area contributed by atoms with Crippen molar-refractivity contribution in [3.63, 3.8) is 0 Å². The smallest absolute Gasteiger partial charge is 0 e. The van der Waals surface area contributed by atoms with Gasteiger partial charge in [-0.15, -0.1) is 0 Å². The van der Waals surface area contributed by atoms with Crippen LogP contribution in [-0.4, -0.2) is 0 Å². The van der Waals surface area contributed by atoms with Crippen LogP contribution in [0.15, 0.2) is 0 Å². The molecule has 2 radical (unpaired) electrons. The minimum absolute atomic E-state index is 0. The molecule has 0 aromatic heterocycles. The summed E-state index contributed by atoms with van der Waals surface area (Å²) in [6, 6.07) is 0. The molecule has 0 fully saturated rings. The Morgan fingerprint density at radius 2 is 0.700 bits per heavy atom. The number of hydrogen-bond acceptors (Lipinski definition) is 0. The Balaban J connectivity index is -0.0000000300. The van der Waals surface area contributed by atoms with Gasteiger partial charge in [0.2, 0.25) is 0 Å². The molecule has 0 rings (SSSR count). The fraction of sp³-hybridized carbons (Fsp3) is 0.750. The van der Waals surface area contributed by atoms with Crippen molar-refractivity contribution in [3.05, 3.63) is 13.8 Å². The van der Waals surface area contributed by atoms with E-state index in [-0.39, 0.29) is 65.4 Å². The van der Waals surface area contributed by atoms with Gasteiger partial charge in [0.1, 0.15) is 0 Å². The van der Waals surface area contributed by atoms with Crippen molar-refractivity contribution in [2.24, 2.45) is 11.8 Å². The van der Waals surface area contributed by atoms with Gasteiger partial charge >= 0.3 is 0 Å². The van der Waals surface area contributed by atoms with Gasteiger partial charge in [-0.1, -0.05) is 27.7 Å². The molecule has 0 aliphatic carbocycles. The van der Waals surface area contributed by atoms with Crippen LogP contribution in [0.4, 0.5) is 0 Å². The Bertz CT molecular complexity index is 22.7. The van der Waals surface area contributed by atoms with Crippen LogP contribution in [-0.2, 0) is 65.4 Å². The van der Waals surface area contributed by atoms with Crippen molar-refractivity contribution in [1.29, 1.82) is 0 Å². The van der Waals surface area contributed by atoms with E-state index in [1.54, 1.807) is 0 Å². The first-order valence-electron chi connectivity index (χ1n) is 3.13. The summed E-state index contributed by atoms with van der Waals surface area (Å²) in [6.45, 7) is 15.5. The molecule has 0 aliphatic heterocycles. The van der Waals surface area contributed by atoms with Crippen LogP contribution in [0.25, 0.3) is 0 Å². The molecule has 0 saturated carbocycles. The monoisotopic (exact) mass is 292 g/mol. The van der Waals surface area contributed by atoms with Crippen LogP contribution in [0, 0.1) is 25.7 Å². The van der Waals surface area contributed by atoms with Crippen molar-refractivity contribution in [1.82, 2.24) is 0 Å². The minimum atomic E-state index is 0. The fourth-order valence-electron chi connectivity index (χ4n) is 0. The van der Waals surface area contributed by atoms with Gasteiger partial charge in [-0.3, -0.25) is 0 Å². The zero-order valence-electron chi connectivity index (χ0n) is 7.72. The van der Waals surface area contributed by atoms with Crippen LogP contribution in [0.1, 0.15) is 27.7 Å². The van der Waals surface area contributed by atoms with E-state index in [1.165, 1.54) is 0 Å². The molecule has 0 nitrogen and oxygen atoms in total. The van der Waals surface area contributed by atoms with Crippen LogP contribution in [0.5, 0.6) is 0 Å². The first kappa shape index (κ1) is 22.8. The van der Waals surface area contributed by atoms with Crippen LogP contribution in [0.3, 0.4) is 0 Å². The topological polar surface area (TPSA) is 0 Å². The zero-order valence-corrected chi connectivity index (χ0v) is 13.4. The third-order valence-electron chi connectivity index (χ3n) is 0. The van der Waals surface area contributed by atoms with E-state index in [0.29, 0.717) is 11.8 Å². The molecule has 0 spiro atoms. The Morgan fingerprint density at radius 1 is 0.700 bits per heavy atom. The molecule has 0 N–H and O–H groups in total. The van der Waals surface area contributed by atoms with E-state index >= 15 is 0 Å². The summed E-state index contributed by atoms with van der Waals surface area (Å²) < 4.78 is 0. The maximum absolute atomic E-state index is 3.64. The van der Waals surface area contributed by atoms with Gasteiger partial charge in [-0.2, -0.15) is 11.8 Å². The second-order valence-corrected chi connectivity index (χ2v) is 2.79. The summed E-state index contributed by atoms with van der Waals surface area (Å²) >= 11 is 0. The molecule has 0 bridgehead atoms. The van der Waals surface area contributed by atoms with Gasteiger partial charge < -0.3 is 13.8 Å². The van der Waals surface area contributed by atoms with E-state index in [2.05, 4.69) is 41.5 Å². The molecule has 10 heavy (non-hydrogen) atoms. The largest absolute Gasteiger partial charge is 0.341 e. The summed E-state index contributed by atoms with van der Waals surface area (Å²) in [5.41, 5.74) is 0. The maximum Gasteiger partial charge on any atom is 0 e. The molecule has 2 heteroatoms. The Labute approximate surface area is 117 Å². The second-order valence-electron chi connectivity index (χ2n) is 2.79. The van der Waals surface area contributed by atoms with Crippen LogP contribution >= 0.6 is 0 Å². The van der Waals surface area contributed by atoms with E-state index in [1.807, 2.05) is 0 Å². The zero-order chi connectivity index (χ0) is 7.15. The predicted molar refractivity (Wildman–Crippen MR) is 40.4 cm³/mol. The molecule has 0 heterocycles. The quantitative estimate of drug-likeness (QED) is 0.602. The summed E-state index contributed by atoms with van der Waals surface area (Å²) in [4.78, 5) is 0. The Morgan fingerprint density at radius 3 is 0.700 bits per heavy atom. The second kappa shape index (κ2) is 17.3. The normalized spacial score (nSPS) is 7.20. The summed E-state index contributed by atoms with van der Waals surface area (Å²) in [7, 11) is 0. The molecule has 0 saturated heterocycles. The van der Waals surface area contributed by atoms with E-state index in [4.69, 9.17) is 0 Å². The third kappa shape index (κ3) is 178. The van der Waals surface area contributed by atoms with Crippen molar-refractivity contribution < 1.29 is 65.4 Å². The Hall–Kier alpha value is 2.21. The predicted octanol–water partition coefficient (Wildman–Crippen LogP) is 2.95. The van der Waals surface area contributed by atoms with Crippen molar-refractivity contribution in [2.75, 3.05) is 0 Å². The summed E-state index contributed by atoms with van der Waals surface area (Å²) in [5, 5.41) is 0. The molecule has 0 atom stereocenters. The van der Waals surface area contributed by atoms with Gasteiger partial charge in [0.15, 0.2) is 0 Å². The standard InChI is InChI=1S/2C4H9.2Y/c2*1-4(2)3;;/h2*4H,1H2,2-3H3;;/q2*-1;;. The third-order valence-corrected chi connectivity index (χ3v) is 0. The van der Waals surface area contributed by atoms with Gasteiger partial charge in [0.05, 0.1) is 0 Å². The number of hydrogen-bond donors (Lipinski definition) is 0. The van der Waals surface area contributed by atoms with E-state index in [9.17, 15) is 0 Å². The maximum atomic E-state index is 3.64. The van der Waals surface area contributed by atoms with Crippen LogP contribution < -0.4 is 0 Å². The molecule has 0 amide bonds. The van der Waals surface area contributed by atoms with Gasteiger partial charge in [-0.05, 0) is 0 Å². The molecule has 0 aromatic carbocycles. The van der Waals surface area contributed by atoms with Gasteiger partial charge in [0.25, 0.3) is 0 Å². The molecule has 58 valence electrons. The summed E-state index contributed by atoms with van der Waals surface area (Å²) in [5.74, 6) is 1.17. The molecular formula is C8H18Y2-2. The fourth-order valence-corrected chi connectivity index (χ4v) is 0. The molecule has 0 aromatic rings. The summed E-state index contributed by atoms with van der Waals surface area (Å²) in [6.07, 6.45) is 0. The average Bonchev–Trinajstić information content (AvgIpc) is 1.25. The van der Waals surface area contributed by atoms with Gasteiger partial charge in [-0.25, -0.2) is 0 Å². The number of rotatable bonds is 0. The van der Waals surface area contributed by atoms with Crippen molar-refractivity contribution in [3.8, 4) is 0 Å². The van der Waals surface area contributed by atoms with Crippen molar-refractivity contribution in [2.45, 2.75) is 27.7 Å². The minimum Gasteiger partial charge on any atom is -0.341 e. The SMILES string of the molecule is [CH2-]C(C)C.[CH2-]C(C)C.[Y].[Y]. The molecule has 0 unspecified atom stereocenters. The molecule has 0 aliphatic rings. The molecular weight excluding hydrogens is 274 g/mol. The Kier molecular flexibility index (Phi) is 39.5. The van der Waals surface area contributed by atoms with E-state index < -0.39 is 0 Å². The first-order valence-corrected chi connectivity index (χ1v) is 3.13. The van der Waals surface area contributed by atoms with Crippen molar-refractivity contribution >= 4 is 0 Å². The van der Waals surface area contributed by atoms with E-state index in [0.717, 1.165) is 0 Å². The van der Waals surface area contributed by atoms with Gasteiger partial charge in [0, 0.05) is 65.4 Å².